The Bertz CT molecular complexity index is 1120. The number of methoxy groups -OCH3 is 1. The summed E-state index contributed by atoms with van der Waals surface area (Å²) in [6, 6.07) is 36.8. The van der Waals surface area contributed by atoms with Crippen molar-refractivity contribution in [2.24, 2.45) is 4.99 Å². The minimum Gasteiger partial charge on any atom is -0.497 e. The number of rotatable bonds is 9. The molecule has 0 aliphatic rings. The van der Waals surface area contributed by atoms with Gasteiger partial charge in [0.1, 0.15) is 18.1 Å². The summed E-state index contributed by atoms with van der Waals surface area (Å²) >= 11 is 0. The molecule has 0 fully saturated rings. The normalized spacial score (nSPS) is 11.9. The van der Waals surface area contributed by atoms with Crippen LogP contribution in [-0.2, 0) is 13.0 Å². The van der Waals surface area contributed by atoms with Crippen LogP contribution in [0.25, 0.3) is 0 Å². The van der Waals surface area contributed by atoms with Crippen LogP contribution in [0.4, 0.5) is 0 Å². The molecule has 0 saturated carbocycles. The second-order valence-electron chi connectivity index (χ2n) is 7.60. The number of nitrogens with zero attached hydrogens (tertiary/aromatic N) is 1. The molecule has 32 heavy (non-hydrogen) atoms. The molecular weight excluding hydrogens is 394 g/mol. The number of hydrogen-bond donors (Lipinski definition) is 0. The molecule has 0 bridgehead atoms. The second kappa shape index (κ2) is 11.0. The number of hydrogen-bond acceptors (Lipinski definition) is 3. The minimum atomic E-state index is 0.0253. The molecule has 1 atom stereocenters. The Balaban J connectivity index is 1.45. The molecule has 4 aromatic rings. The van der Waals surface area contributed by atoms with E-state index in [0.717, 1.165) is 29.0 Å². The Kier molecular flexibility index (Phi) is 7.33. The lowest BCUT2D eigenvalue weighted by molar-refractivity contribution is 0.306. The van der Waals surface area contributed by atoms with Crippen molar-refractivity contribution in [2.75, 3.05) is 7.11 Å². The summed E-state index contributed by atoms with van der Waals surface area (Å²) in [6.07, 6.45) is 2.74. The molecule has 0 saturated heterocycles. The van der Waals surface area contributed by atoms with E-state index in [1.807, 2.05) is 66.9 Å². The van der Waals surface area contributed by atoms with Crippen LogP contribution in [0.15, 0.2) is 114 Å². The van der Waals surface area contributed by atoms with Gasteiger partial charge < -0.3 is 9.47 Å². The van der Waals surface area contributed by atoms with Gasteiger partial charge in [-0.05, 0) is 65.1 Å². The maximum Gasteiger partial charge on any atom is 0.119 e. The molecule has 0 aromatic heterocycles. The second-order valence-corrected chi connectivity index (χ2v) is 7.60. The van der Waals surface area contributed by atoms with E-state index in [1.165, 1.54) is 11.1 Å². The van der Waals surface area contributed by atoms with E-state index in [4.69, 9.17) is 14.5 Å². The van der Waals surface area contributed by atoms with Crippen molar-refractivity contribution in [3.63, 3.8) is 0 Å². The number of aliphatic imine (C=N–C) groups is 1. The van der Waals surface area contributed by atoms with Crippen LogP contribution in [0.2, 0.25) is 0 Å². The van der Waals surface area contributed by atoms with Gasteiger partial charge in [-0.2, -0.15) is 0 Å². The first-order chi connectivity index (χ1) is 15.8. The van der Waals surface area contributed by atoms with Gasteiger partial charge in [-0.3, -0.25) is 4.99 Å². The topological polar surface area (TPSA) is 30.8 Å². The van der Waals surface area contributed by atoms with Gasteiger partial charge in [-0.15, -0.1) is 0 Å². The van der Waals surface area contributed by atoms with Gasteiger partial charge in [-0.25, -0.2) is 0 Å². The Morgan fingerprint density at radius 2 is 1.41 bits per heavy atom. The quantitative estimate of drug-likeness (QED) is 0.282. The fourth-order valence-electron chi connectivity index (χ4n) is 3.52. The van der Waals surface area contributed by atoms with E-state index in [9.17, 15) is 0 Å². The lowest BCUT2D eigenvalue weighted by atomic mass is 9.99. The maximum atomic E-state index is 5.89. The highest BCUT2D eigenvalue weighted by molar-refractivity contribution is 5.80. The summed E-state index contributed by atoms with van der Waals surface area (Å²) in [5, 5.41) is 0. The van der Waals surface area contributed by atoms with E-state index in [2.05, 4.69) is 48.5 Å². The number of benzene rings is 4. The molecule has 0 spiro atoms. The van der Waals surface area contributed by atoms with Crippen LogP contribution >= 0.6 is 0 Å². The van der Waals surface area contributed by atoms with Crippen molar-refractivity contribution in [3.05, 3.63) is 131 Å². The van der Waals surface area contributed by atoms with Crippen molar-refractivity contribution < 1.29 is 9.47 Å². The minimum absolute atomic E-state index is 0.0253. The standard InChI is InChI=1S/C29H27NO2/c1-31-28-14-8-11-25(19-28)20-29(26-12-6-3-7-13-26)30-21-23-15-17-27(18-16-23)32-22-24-9-4-2-5-10-24/h2-19,21,29H,20,22H2,1H3. The molecule has 0 N–H and O–H groups in total. The predicted octanol–water partition coefficient (Wildman–Crippen LogP) is 6.68. The molecule has 160 valence electrons. The summed E-state index contributed by atoms with van der Waals surface area (Å²) in [5.74, 6) is 1.71. The van der Waals surface area contributed by atoms with Crippen molar-refractivity contribution in [2.45, 2.75) is 19.1 Å². The maximum absolute atomic E-state index is 5.89. The Morgan fingerprint density at radius 3 is 2.12 bits per heavy atom. The third-order valence-corrected chi connectivity index (χ3v) is 5.28. The van der Waals surface area contributed by atoms with Gasteiger partial charge in [0.2, 0.25) is 0 Å². The van der Waals surface area contributed by atoms with Crippen LogP contribution in [0.3, 0.4) is 0 Å². The van der Waals surface area contributed by atoms with Gasteiger partial charge in [0, 0.05) is 6.21 Å². The molecule has 0 amide bonds. The van der Waals surface area contributed by atoms with E-state index >= 15 is 0 Å². The highest BCUT2D eigenvalue weighted by Crippen LogP contribution is 2.24. The first-order valence-electron chi connectivity index (χ1n) is 10.8. The summed E-state index contributed by atoms with van der Waals surface area (Å²) in [4.78, 5) is 4.93. The van der Waals surface area contributed by atoms with Crippen molar-refractivity contribution in [3.8, 4) is 11.5 Å². The molecule has 1 unspecified atom stereocenters. The van der Waals surface area contributed by atoms with Crippen molar-refractivity contribution in [1.29, 1.82) is 0 Å². The van der Waals surface area contributed by atoms with Gasteiger partial charge in [0.05, 0.1) is 13.2 Å². The van der Waals surface area contributed by atoms with Gasteiger partial charge in [-0.1, -0.05) is 72.8 Å². The molecule has 4 aromatic carbocycles. The Hall–Kier alpha value is -3.85. The van der Waals surface area contributed by atoms with Crippen LogP contribution in [-0.4, -0.2) is 13.3 Å². The fourth-order valence-corrected chi connectivity index (χ4v) is 3.52. The third-order valence-electron chi connectivity index (χ3n) is 5.28. The zero-order chi connectivity index (χ0) is 22.0. The van der Waals surface area contributed by atoms with Crippen molar-refractivity contribution in [1.82, 2.24) is 0 Å². The summed E-state index contributed by atoms with van der Waals surface area (Å²) < 4.78 is 11.3. The Labute approximate surface area is 190 Å². The predicted molar refractivity (Wildman–Crippen MR) is 131 cm³/mol. The lowest BCUT2D eigenvalue weighted by Gasteiger charge is -2.14. The van der Waals surface area contributed by atoms with E-state index in [0.29, 0.717) is 6.61 Å². The molecule has 3 nitrogen and oxygen atoms in total. The zero-order valence-corrected chi connectivity index (χ0v) is 18.2. The van der Waals surface area contributed by atoms with Gasteiger partial charge in [0.25, 0.3) is 0 Å². The van der Waals surface area contributed by atoms with Gasteiger partial charge >= 0.3 is 0 Å². The van der Waals surface area contributed by atoms with Gasteiger partial charge in [0.15, 0.2) is 0 Å². The van der Waals surface area contributed by atoms with Crippen LogP contribution < -0.4 is 9.47 Å². The fraction of sp³-hybridized carbons (Fsp3) is 0.138. The molecule has 3 heteroatoms. The number of ether oxygens (including phenoxy) is 2. The van der Waals surface area contributed by atoms with E-state index < -0.39 is 0 Å². The monoisotopic (exact) mass is 421 g/mol. The van der Waals surface area contributed by atoms with E-state index in [1.54, 1.807) is 7.11 Å². The molecular formula is C29H27NO2. The largest absolute Gasteiger partial charge is 0.497 e. The molecule has 4 rings (SSSR count). The molecule has 0 aliphatic heterocycles. The average Bonchev–Trinajstić information content (AvgIpc) is 2.87. The summed E-state index contributed by atoms with van der Waals surface area (Å²) in [5.41, 5.74) is 4.58. The average molecular weight is 422 g/mol. The smallest absolute Gasteiger partial charge is 0.119 e. The van der Waals surface area contributed by atoms with Crippen LogP contribution in [0.1, 0.15) is 28.3 Å². The van der Waals surface area contributed by atoms with Crippen molar-refractivity contribution >= 4 is 6.21 Å². The Morgan fingerprint density at radius 1 is 0.719 bits per heavy atom. The lowest BCUT2D eigenvalue weighted by Crippen LogP contribution is -2.01. The SMILES string of the molecule is COc1cccc(CC(N=Cc2ccc(OCc3ccccc3)cc2)c2ccccc2)c1. The first kappa shape index (κ1) is 21.4. The van der Waals surface area contributed by atoms with Crippen LogP contribution in [0.5, 0.6) is 11.5 Å². The summed E-state index contributed by atoms with van der Waals surface area (Å²) in [7, 11) is 1.69. The molecule has 0 heterocycles. The highest BCUT2D eigenvalue weighted by Gasteiger charge is 2.11. The third kappa shape index (κ3) is 6.08. The van der Waals surface area contributed by atoms with Crippen LogP contribution in [0, 0.1) is 0 Å². The first-order valence-corrected chi connectivity index (χ1v) is 10.8. The zero-order valence-electron chi connectivity index (χ0n) is 18.2. The van der Waals surface area contributed by atoms with E-state index in [-0.39, 0.29) is 6.04 Å². The summed E-state index contributed by atoms with van der Waals surface area (Å²) in [6.45, 7) is 0.560. The molecule has 0 radical (unpaired) electrons. The highest BCUT2D eigenvalue weighted by atomic mass is 16.5. The molecule has 0 aliphatic carbocycles.